The van der Waals surface area contributed by atoms with Gasteiger partial charge in [0, 0.05) is 18.3 Å². The zero-order valence-corrected chi connectivity index (χ0v) is 12.2. The molecular weight excluding hydrogens is 274 g/mol. The topological polar surface area (TPSA) is 47.2 Å². The molecule has 0 aromatic carbocycles. The Morgan fingerprint density at radius 2 is 2.15 bits per heavy atom. The third-order valence-electron chi connectivity index (χ3n) is 2.78. The first-order valence-corrected chi connectivity index (χ1v) is 6.78. The molecule has 0 radical (unpaired) electrons. The van der Waals surface area contributed by atoms with Gasteiger partial charge in [-0.05, 0) is 23.8 Å². The Morgan fingerprint density at radius 3 is 2.80 bits per heavy atom. The fourth-order valence-electron chi connectivity index (χ4n) is 1.64. The molecule has 2 aromatic heterocycles. The summed E-state index contributed by atoms with van der Waals surface area (Å²) in [6.45, 7) is 4.26. The molecule has 1 amide bonds. The predicted molar refractivity (Wildman–Crippen MR) is 78.2 cm³/mol. The number of hydrogen-bond donors (Lipinski definition) is 0. The minimum absolute atomic E-state index is 0.110. The van der Waals surface area contributed by atoms with Gasteiger partial charge in [0.15, 0.2) is 0 Å². The minimum Gasteiger partial charge on any atom is -0.328 e. The molecule has 5 heteroatoms. The molecule has 0 aliphatic rings. The number of carbonyl (C=O) groups is 1. The van der Waals surface area contributed by atoms with E-state index in [-0.39, 0.29) is 11.8 Å². The van der Waals surface area contributed by atoms with Gasteiger partial charge in [-0.25, -0.2) is 4.98 Å². The summed E-state index contributed by atoms with van der Waals surface area (Å²) in [4.78, 5) is 20.0. The van der Waals surface area contributed by atoms with E-state index in [1.165, 1.54) is 0 Å². The normalized spacial score (nSPS) is 11.9. The molecule has 0 N–H and O–H groups in total. The van der Waals surface area contributed by atoms with Crippen molar-refractivity contribution in [2.75, 3.05) is 0 Å². The largest absolute Gasteiger partial charge is 0.328 e. The smallest absolute Gasteiger partial charge is 0.250 e. The van der Waals surface area contributed by atoms with Crippen LogP contribution in [0.3, 0.4) is 0 Å². The molecule has 2 rings (SSSR count). The fourth-order valence-corrected chi connectivity index (χ4v) is 1.75. The Labute approximate surface area is 122 Å². The van der Waals surface area contributed by atoms with Crippen LogP contribution in [0.1, 0.15) is 19.4 Å². The van der Waals surface area contributed by atoms with Crippen molar-refractivity contribution in [2.24, 2.45) is 10.9 Å². The van der Waals surface area contributed by atoms with E-state index in [1.54, 1.807) is 12.3 Å². The first-order chi connectivity index (χ1) is 9.56. The molecule has 0 saturated carbocycles. The number of halogens is 1. The molecule has 0 spiro atoms. The van der Waals surface area contributed by atoms with Gasteiger partial charge in [-0.3, -0.25) is 4.79 Å². The summed E-state index contributed by atoms with van der Waals surface area (Å²) >= 11 is 5.77. The van der Waals surface area contributed by atoms with Crippen LogP contribution < -0.4 is 5.49 Å². The molecule has 104 valence electrons. The molecule has 0 atom stereocenters. The molecule has 0 fully saturated rings. The maximum Gasteiger partial charge on any atom is 0.250 e. The second-order valence-corrected chi connectivity index (χ2v) is 5.17. The Bertz CT molecular complexity index is 659. The Kier molecular flexibility index (Phi) is 4.69. The zero-order valence-electron chi connectivity index (χ0n) is 11.5. The van der Waals surface area contributed by atoms with Gasteiger partial charge >= 0.3 is 0 Å². The van der Waals surface area contributed by atoms with Crippen LogP contribution in [-0.2, 0) is 11.3 Å². The lowest BCUT2D eigenvalue weighted by Gasteiger charge is -2.07. The molecule has 4 nitrogen and oxygen atoms in total. The van der Waals surface area contributed by atoms with Crippen molar-refractivity contribution < 1.29 is 4.79 Å². The van der Waals surface area contributed by atoms with Crippen LogP contribution in [0.5, 0.6) is 0 Å². The second-order valence-electron chi connectivity index (χ2n) is 4.78. The molecule has 0 aliphatic carbocycles. The first-order valence-electron chi connectivity index (χ1n) is 6.41. The number of nitrogens with zero attached hydrogens (tertiary/aromatic N) is 3. The highest BCUT2D eigenvalue weighted by Crippen LogP contribution is 2.06. The molecule has 0 bridgehead atoms. The summed E-state index contributed by atoms with van der Waals surface area (Å²) in [5.74, 6) is -0.236. The van der Waals surface area contributed by atoms with Crippen LogP contribution in [0, 0.1) is 5.92 Å². The van der Waals surface area contributed by atoms with Gasteiger partial charge in [-0.1, -0.05) is 37.6 Å². The van der Waals surface area contributed by atoms with Gasteiger partial charge in [0.05, 0.1) is 6.54 Å². The van der Waals surface area contributed by atoms with Crippen molar-refractivity contribution in [1.29, 1.82) is 0 Å². The molecule has 20 heavy (non-hydrogen) atoms. The molecular formula is C15H16ClN3O. The highest BCUT2D eigenvalue weighted by molar-refractivity contribution is 6.29. The summed E-state index contributed by atoms with van der Waals surface area (Å²) in [6, 6.07) is 9.24. The number of pyridine rings is 2. The van der Waals surface area contributed by atoms with Crippen molar-refractivity contribution in [1.82, 2.24) is 9.55 Å². The van der Waals surface area contributed by atoms with E-state index in [1.807, 2.05) is 48.9 Å². The maximum absolute atomic E-state index is 11.8. The Balaban J connectivity index is 2.33. The van der Waals surface area contributed by atoms with Gasteiger partial charge in [-0.2, -0.15) is 4.99 Å². The standard InChI is InChI=1S/C15H16ClN3O/c1-11(2)15(20)18-14-5-3-4-8-19(14)10-12-6-7-13(16)17-9-12/h3-9,11H,10H2,1-2H3/b18-14-. The van der Waals surface area contributed by atoms with Crippen LogP contribution in [0.2, 0.25) is 5.15 Å². The molecule has 0 saturated heterocycles. The average Bonchev–Trinajstić information content (AvgIpc) is 2.43. The van der Waals surface area contributed by atoms with Gasteiger partial charge in [0.1, 0.15) is 10.6 Å². The lowest BCUT2D eigenvalue weighted by Crippen LogP contribution is -2.23. The Hall–Kier alpha value is -1.94. The summed E-state index contributed by atoms with van der Waals surface area (Å²) in [7, 11) is 0. The van der Waals surface area contributed by atoms with Crippen LogP contribution >= 0.6 is 11.6 Å². The summed E-state index contributed by atoms with van der Waals surface area (Å²) in [5.41, 5.74) is 1.64. The number of amides is 1. The molecule has 2 heterocycles. The Morgan fingerprint density at radius 1 is 1.35 bits per heavy atom. The van der Waals surface area contributed by atoms with Crippen LogP contribution in [-0.4, -0.2) is 15.5 Å². The number of carbonyl (C=O) groups excluding carboxylic acids is 1. The monoisotopic (exact) mass is 289 g/mol. The summed E-state index contributed by atoms with van der Waals surface area (Å²) in [6.07, 6.45) is 3.61. The van der Waals surface area contributed by atoms with Gasteiger partial charge in [0.2, 0.25) is 5.91 Å². The average molecular weight is 290 g/mol. The van der Waals surface area contributed by atoms with Crippen molar-refractivity contribution >= 4 is 17.5 Å². The van der Waals surface area contributed by atoms with Crippen LogP contribution in [0.25, 0.3) is 0 Å². The van der Waals surface area contributed by atoms with Gasteiger partial charge in [0.25, 0.3) is 0 Å². The van der Waals surface area contributed by atoms with E-state index >= 15 is 0 Å². The highest BCUT2D eigenvalue weighted by atomic mass is 35.5. The highest BCUT2D eigenvalue weighted by Gasteiger charge is 2.05. The van der Waals surface area contributed by atoms with E-state index in [9.17, 15) is 4.79 Å². The third-order valence-corrected chi connectivity index (χ3v) is 3.00. The van der Waals surface area contributed by atoms with E-state index in [2.05, 4.69) is 9.98 Å². The van der Waals surface area contributed by atoms with E-state index < -0.39 is 0 Å². The number of rotatable bonds is 3. The quantitative estimate of drug-likeness (QED) is 0.816. The van der Waals surface area contributed by atoms with E-state index in [4.69, 9.17) is 11.6 Å². The fraction of sp³-hybridized carbons (Fsp3) is 0.267. The van der Waals surface area contributed by atoms with Crippen LogP contribution in [0.4, 0.5) is 0 Å². The zero-order chi connectivity index (χ0) is 14.5. The van der Waals surface area contributed by atoms with Gasteiger partial charge < -0.3 is 4.57 Å². The maximum atomic E-state index is 11.8. The summed E-state index contributed by atoms with van der Waals surface area (Å²) in [5, 5.41) is 0.465. The minimum atomic E-state index is -0.126. The van der Waals surface area contributed by atoms with E-state index in [0.717, 1.165) is 5.56 Å². The van der Waals surface area contributed by atoms with E-state index in [0.29, 0.717) is 17.2 Å². The summed E-state index contributed by atoms with van der Waals surface area (Å²) < 4.78 is 1.91. The van der Waals surface area contributed by atoms with Gasteiger partial charge in [-0.15, -0.1) is 0 Å². The van der Waals surface area contributed by atoms with Crippen LogP contribution in [0.15, 0.2) is 47.7 Å². The molecule has 2 aromatic rings. The SMILES string of the molecule is CC(C)C(=O)/N=c1/ccccn1Cc1ccc(Cl)nc1. The van der Waals surface area contributed by atoms with Crippen molar-refractivity contribution in [3.8, 4) is 0 Å². The number of aromatic nitrogens is 2. The second kappa shape index (κ2) is 6.48. The predicted octanol–water partition coefficient (Wildman–Crippen LogP) is 2.67. The number of hydrogen-bond acceptors (Lipinski definition) is 2. The van der Waals surface area contributed by atoms with Crippen molar-refractivity contribution in [2.45, 2.75) is 20.4 Å². The molecule has 0 aliphatic heterocycles. The van der Waals surface area contributed by atoms with Crippen molar-refractivity contribution in [3.63, 3.8) is 0 Å². The first kappa shape index (κ1) is 14.5. The molecule has 0 unspecified atom stereocenters. The lowest BCUT2D eigenvalue weighted by atomic mass is 10.2. The van der Waals surface area contributed by atoms with Crippen molar-refractivity contribution in [3.05, 3.63) is 58.9 Å². The lowest BCUT2D eigenvalue weighted by molar-refractivity contribution is -0.120. The third kappa shape index (κ3) is 3.78.